The maximum absolute atomic E-state index is 12.6. The summed E-state index contributed by atoms with van der Waals surface area (Å²) in [5.74, 6) is -1.46. The molecule has 8 nitrogen and oxygen atoms in total. The van der Waals surface area contributed by atoms with E-state index in [9.17, 15) is 18.4 Å². The van der Waals surface area contributed by atoms with Crippen molar-refractivity contribution in [1.82, 2.24) is 24.5 Å². The second-order valence-corrected chi connectivity index (χ2v) is 5.86. The Morgan fingerprint density at radius 2 is 2.16 bits per heavy atom. The van der Waals surface area contributed by atoms with E-state index in [2.05, 4.69) is 10.2 Å². The van der Waals surface area contributed by atoms with E-state index < -0.39 is 18.4 Å². The average Bonchev–Trinajstić information content (AvgIpc) is 3.23. The Bertz CT molecular complexity index is 773. The van der Waals surface area contributed by atoms with E-state index in [0.717, 1.165) is 24.7 Å². The van der Waals surface area contributed by atoms with E-state index >= 15 is 0 Å². The van der Waals surface area contributed by atoms with Gasteiger partial charge in [0.1, 0.15) is 6.54 Å². The van der Waals surface area contributed by atoms with Gasteiger partial charge in [-0.1, -0.05) is 0 Å². The molecule has 0 aromatic carbocycles. The van der Waals surface area contributed by atoms with Crippen molar-refractivity contribution in [3.63, 3.8) is 0 Å². The van der Waals surface area contributed by atoms with E-state index in [4.69, 9.17) is 5.11 Å². The quantitative estimate of drug-likeness (QED) is 0.881. The monoisotopic (exact) mass is 353 g/mol. The van der Waals surface area contributed by atoms with Gasteiger partial charge in [0.05, 0.1) is 0 Å². The molecule has 1 atom stereocenters. The second-order valence-electron chi connectivity index (χ2n) is 5.86. The molecule has 1 aliphatic heterocycles. The Morgan fingerprint density at radius 1 is 1.36 bits per heavy atom. The van der Waals surface area contributed by atoms with Crippen LogP contribution in [0.15, 0.2) is 24.5 Å². The molecular formula is C15H17F2N5O3. The summed E-state index contributed by atoms with van der Waals surface area (Å²) in [6.45, 7) is -2.16. The van der Waals surface area contributed by atoms with Crippen molar-refractivity contribution in [2.75, 3.05) is 13.1 Å². The maximum Gasteiger partial charge on any atom is 0.333 e. The molecule has 0 saturated carbocycles. The SMILES string of the molecule is O=C(O)Cn1nccc1C1CCCN(C(=O)c2ccn(C(F)F)n2)C1. The molecule has 3 heterocycles. The van der Waals surface area contributed by atoms with Gasteiger partial charge in [-0.3, -0.25) is 14.3 Å². The Kier molecular flexibility index (Phi) is 4.77. The van der Waals surface area contributed by atoms with E-state index in [0.29, 0.717) is 17.8 Å². The molecule has 1 aliphatic rings. The lowest BCUT2D eigenvalue weighted by atomic mass is 9.94. The van der Waals surface area contributed by atoms with Crippen molar-refractivity contribution < 1.29 is 23.5 Å². The average molecular weight is 353 g/mol. The van der Waals surface area contributed by atoms with Crippen molar-refractivity contribution >= 4 is 11.9 Å². The minimum Gasteiger partial charge on any atom is -0.480 e. The van der Waals surface area contributed by atoms with Crippen LogP contribution in [0.1, 0.15) is 41.5 Å². The first-order chi connectivity index (χ1) is 12.0. The highest BCUT2D eigenvalue weighted by atomic mass is 19.3. The molecule has 134 valence electrons. The predicted molar refractivity (Wildman–Crippen MR) is 81.2 cm³/mol. The summed E-state index contributed by atoms with van der Waals surface area (Å²) < 4.78 is 27.1. The van der Waals surface area contributed by atoms with Crippen LogP contribution in [0.25, 0.3) is 0 Å². The lowest BCUT2D eigenvalue weighted by Crippen LogP contribution is -2.40. The standard InChI is InChI=1S/C15H17F2N5O3/c16-15(17)21-7-4-11(19-21)14(25)20-6-1-2-10(8-20)12-3-5-18-22(12)9-13(23)24/h3-5,7,10,15H,1-2,6,8-9H2,(H,23,24). The van der Waals surface area contributed by atoms with Gasteiger partial charge in [-0.05, 0) is 25.0 Å². The van der Waals surface area contributed by atoms with Crippen LogP contribution in [-0.4, -0.2) is 54.5 Å². The largest absolute Gasteiger partial charge is 0.480 e. The highest BCUT2D eigenvalue weighted by molar-refractivity contribution is 5.92. The summed E-state index contributed by atoms with van der Waals surface area (Å²) in [4.78, 5) is 25.0. The normalized spacial score (nSPS) is 17.9. The molecule has 2 aromatic rings. The van der Waals surface area contributed by atoms with Gasteiger partial charge < -0.3 is 10.0 Å². The van der Waals surface area contributed by atoms with E-state index in [1.165, 1.54) is 16.9 Å². The lowest BCUT2D eigenvalue weighted by Gasteiger charge is -2.32. The number of carboxylic acids is 1. The second kappa shape index (κ2) is 6.99. The molecule has 1 fully saturated rings. The van der Waals surface area contributed by atoms with Crippen molar-refractivity contribution in [3.05, 3.63) is 35.9 Å². The number of alkyl halides is 2. The smallest absolute Gasteiger partial charge is 0.333 e. The van der Waals surface area contributed by atoms with Gasteiger partial charge >= 0.3 is 12.5 Å². The Balaban J connectivity index is 1.73. The van der Waals surface area contributed by atoms with E-state index in [-0.39, 0.29) is 18.2 Å². The molecule has 2 aromatic heterocycles. The number of hydrogen-bond donors (Lipinski definition) is 1. The molecule has 3 rings (SSSR count). The van der Waals surface area contributed by atoms with Gasteiger partial charge in [0, 0.05) is 37.1 Å². The molecular weight excluding hydrogens is 336 g/mol. The number of carbonyl (C=O) groups is 2. The van der Waals surface area contributed by atoms with Gasteiger partial charge in [0.15, 0.2) is 5.69 Å². The summed E-state index contributed by atoms with van der Waals surface area (Å²) >= 11 is 0. The fourth-order valence-electron chi connectivity index (χ4n) is 3.08. The number of aliphatic carboxylic acids is 1. The van der Waals surface area contributed by atoms with Crippen LogP contribution in [0.2, 0.25) is 0 Å². The highest BCUT2D eigenvalue weighted by Gasteiger charge is 2.29. The van der Waals surface area contributed by atoms with Crippen LogP contribution in [0.3, 0.4) is 0 Å². The number of halogens is 2. The van der Waals surface area contributed by atoms with Crippen molar-refractivity contribution in [3.8, 4) is 0 Å². The zero-order chi connectivity index (χ0) is 18.0. The number of hydrogen-bond acceptors (Lipinski definition) is 4. The minimum absolute atomic E-state index is 0.0278. The zero-order valence-corrected chi connectivity index (χ0v) is 13.3. The Hall–Kier alpha value is -2.78. The summed E-state index contributed by atoms with van der Waals surface area (Å²) in [5, 5.41) is 16.6. The minimum atomic E-state index is -2.79. The van der Waals surface area contributed by atoms with Gasteiger partial charge in [-0.2, -0.15) is 19.0 Å². The van der Waals surface area contributed by atoms with Gasteiger partial charge in [-0.25, -0.2) is 4.68 Å². The van der Waals surface area contributed by atoms with Crippen LogP contribution in [0.4, 0.5) is 8.78 Å². The molecule has 0 bridgehead atoms. The number of likely N-dealkylation sites (tertiary alicyclic amines) is 1. The summed E-state index contributed by atoms with van der Waals surface area (Å²) in [5.41, 5.74) is 0.720. The summed E-state index contributed by atoms with van der Waals surface area (Å²) in [6, 6.07) is 3.01. The zero-order valence-electron chi connectivity index (χ0n) is 13.3. The third-order valence-corrected chi connectivity index (χ3v) is 4.19. The molecule has 0 aliphatic carbocycles. The molecule has 0 radical (unpaired) electrons. The fraction of sp³-hybridized carbons (Fsp3) is 0.467. The molecule has 0 spiro atoms. The number of carbonyl (C=O) groups excluding carboxylic acids is 1. The van der Waals surface area contributed by atoms with E-state index in [1.54, 1.807) is 11.0 Å². The van der Waals surface area contributed by atoms with Crippen molar-refractivity contribution in [1.29, 1.82) is 0 Å². The number of piperidine rings is 1. The van der Waals surface area contributed by atoms with Crippen LogP contribution < -0.4 is 0 Å². The maximum atomic E-state index is 12.6. The molecule has 1 saturated heterocycles. The van der Waals surface area contributed by atoms with Crippen molar-refractivity contribution in [2.45, 2.75) is 31.9 Å². The number of nitrogens with zero attached hydrogens (tertiary/aromatic N) is 5. The lowest BCUT2D eigenvalue weighted by molar-refractivity contribution is -0.137. The van der Waals surface area contributed by atoms with Crippen LogP contribution in [-0.2, 0) is 11.3 Å². The summed E-state index contributed by atoms with van der Waals surface area (Å²) in [7, 11) is 0. The Labute approximate surface area is 141 Å². The molecule has 1 amide bonds. The van der Waals surface area contributed by atoms with Gasteiger partial charge in [0.25, 0.3) is 5.91 Å². The molecule has 1 N–H and O–H groups in total. The third-order valence-electron chi connectivity index (χ3n) is 4.19. The van der Waals surface area contributed by atoms with Crippen molar-refractivity contribution in [2.24, 2.45) is 0 Å². The number of rotatable bonds is 5. The first-order valence-electron chi connectivity index (χ1n) is 7.82. The number of amides is 1. The van der Waals surface area contributed by atoms with Crippen LogP contribution in [0.5, 0.6) is 0 Å². The van der Waals surface area contributed by atoms with Gasteiger partial charge in [0.2, 0.25) is 0 Å². The summed E-state index contributed by atoms with van der Waals surface area (Å²) in [6.07, 6.45) is 4.12. The Morgan fingerprint density at radius 3 is 2.84 bits per heavy atom. The topological polar surface area (TPSA) is 93.3 Å². The van der Waals surface area contributed by atoms with E-state index in [1.807, 2.05) is 0 Å². The highest BCUT2D eigenvalue weighted by Crippen LogP contribution is 2.27. The van der Waals surface area contributed by atoms with Crippen LogP contribution >= 0.6 is 0 Å². The van der Waals surface area contributed by atoms with Crippen LogP contribution in [0, 0.1) is 0 Å². The third kappa shape index (κ3) is 3.67. The number of aromatic nitrogens is 4. The predicted octanol–water partition coefficient (Wildman–Crippen LogP) is 1.58. The first kappa shape index (κ1) is 17.1. The van der Waals surface area contributed by atoms with Gasteiger partial charge in [-0.15, -0.1) is 0 Å². The molecule has 10 heteroatoms. The fourth-order valence-corrected chi connectivity index (χ4v) is 3.08. The first-order valence-corrected chi connectivity index (χ1v) is 7.82. The molecule has 1 unspecified atom stereocenters. The molecule has 25 heavy (non-hydrogen) atoms. The number of carboxylic acid groups (broad SMARTS) is 1.